The van der Waals surface area contributed by atoms with Gasteiger partial charge in [0.05, 0.1) is 6.61 Å². The summed E-state index contributed by atoms with van der Waals surface area (Å²) in [4.78, 5) is 20.5. The van der Waals surface area contributed by atoms with Crippen molar-refractivity contribution < 1.29 is 19.4 Å². The first-order valence-corrected chi connectivity index (χ1v) is 2.61. The molecule has 4 heteroatoms. The smallest absolute Gasteiger partial charge is 0.320 e. The van der Waals surface area contributed by atoms with E-state index >= 15 is 0 Å². The second kappa shape index (κ2) is 2.05. The molecule has 50 valence electrons. The normalized spacial score (nSPS) is 25.8. The largest absolute Gasteiger partial charge is 0.481 e. The summed E-state index contributed by atoms with van der Waals surface area (Å²) in [5.74, 6) is -2.61. The zero-order chi connectivity index (χ0) is 6.85. The monoisotopic (exact) mass is 130 g/mol. The van der Waals surface area contributed by atoms with Crippen molar-refractivity contribution in [3.63, 3.8) is 0 Å². The van der Waals surface area contributed by atoms with Crippen molar-refractivity contribution in [2.24, 2.45) is 5.92 Å². The quantitative estimate of drug-likeness (QED) is 0.388. The summed E-state index contributed by atoms with van der Waals surface area (Å²) in [6, 6.07) is 0. The Hall–Kier alpha value is -1.06. The Morgan fingerprint density at radius 2 is 2.44 bits per heavy atom. The third kappa shape index (κ3) is 1.01. The molecule has 0 amide bonds. The van der Waals surface area contributed by atoms with Gasteiger partial charge >= 0.3 is 11.9 Å². The van der Waals surface area contributed by atoms with Crippen LogP contribution in [0.2, 0.25) is 0 Å². The summed E-state index contributed by atoms with van der Waals surface area (Å²) in [5, 5.41) is 8.28. The van der Waals surface area contributed by atoms with Gasteiger partial charge in [0, 0.05) is 6.42 Å². The molecule has 4 nitrogen and oxygen atoms in total. The van der Waals surface area contributed by atoms with Gasteiger partial charge in [0.2, 0.25) is 0 Å². The van der Waals surface area contributed by atoms with E-state index in [2.05, 4.69) is 4.74 Å². The van der Waals surface area contributed by atoms with E-state index in [1.165, 1.54) is 0 Å². The fraction of sp³-hybridized carbons (Fsp3) is 0.600. The molecular formula is C5H6O4. The van der Waals surface area contributed by atoms with Gasteiger partial charge in [-0.2, -0.15) is 0 Å². The number of carboxylic acid groups (broad SMARTS) is 1. The molecule has 0 aromatic carbocycles. The molecule has 0 saturated carbocycles. The number of esters is 1. The molecule has 1 unspecified atom stereocenters. The number of carbonyl (C=O) groups is 2. The molecule has 0 aromatic heterocycles. The first-order chi connectivity index (χ1) is 4.22. The van der Waals surface area contributed by atoms with Crippen LogP contribution in [0.3, 0.4) is 0 Å². The van der Waals surface area contributed by atoms with Crippen molar-refractivity contribution in [3.8, 4) is 0 Å². The lowest BCUT2D eigenvalue weighted by molar-refractivity contribution is -0.151. The van der Waals surface area contributed by atoms with Crippen molar-refractivity contribution in [2.45, 2.75) is 6.42 Å². The Bertz CT molecular complexity index is 151. The van der Waals surface area contributed by atoms with Crippen LogP contribution in [0.5, 0.6) is 0 Å². The Labute approximate surface area is 51.4 Å². The molecule has 1 aliphatic rings. The van der Waals surface area contributed by atoms with Crippen LogP contribution in [0.15, 0.2) is 0 Å². The van der Waals surface area contributed by atoms with E-state index in [0.717, 1.165) is 0 Å². The molecule has 9 heavy (non-hydrogen) atoms. The van der Waals surface area contributed by atoms with Gasteiger partial charge in [-0.1, -0.05) is 0 Å². The van der Waals surface area contributed by atoms with Gasteiger partial charge in [-0.05, 0) is 0 Å². The molecule has 1 aliphatic heterocycles. The van der Waals surface area contributed by atoms with E-state index in [-0.39, 0.29) is 6.61 Å². The fourth-order valence-corrected chi connectivity index (χ4v) is 0.720. The van der Waals surface area contributed by atoms with E-state index in [1.807, 2.05) is 0 Å². The summed E-state index contributed by atoms with van der Waals surface area (Å²) in [6.07, 6.45) is 0.314. The number of cyclic esters (lactones) is 1. The van der Waals surface area contributed by atoms with Gasteiger partial charge in [0.15, 0.2) is 5.92 Å². The Kier molecular flexibility index (Phi) is 1.38. The third-order valence-electron chi connectivity index (χ3n) is 1.23. The van der Waals surface area contributed by atoms with E-state index in [0.29, 0.717) is 6.42 Å². The van der Waals surface area contributed by atoms with Gasteiger partial charge in [-0.25, -0.2) is 0 Å². The average Bonchev–Trinajstić information content (AvgIpc) is 2.13. The van der Waals surface area contributed by atoms with Crippen LogP contribution in [0, 0.1) is 5.92 Å². The molecule has 0 radical (unpaired) electrons. The maximum atomic E-state index is 10.4. The first-order valence-electron chi connectivity index (χ1n) is 2.61. The van der Waals surface area contributed by atoms with Crippen molar-refractivity contribution in [3.05, 3.63) is 0 Å². The number of rotatable bonds is 1. The van der Waals surface area contributed by atoms with Crippen LogP contribution < -0.4 is 0 Å². The van der Waals surface area contributed by atoms with Crippen LogP contribution in [-0.4, -0.2) is 23.7 Å². The van der Waals surface area contributed by atoms with E-state index in [9.17, 15) is 9.59 Å². The minimum absolute atomic E-state index is 0.246. The second-order valence-electron chi connectivity index (χ2n) is 1.85. The lowest BCUT2D eigenvalue weighted by Gasteiger charge is -1.93. The molecule has 1 fully saturated rings. The van der Waals surface area contributed by atoms with E-state index in [4.69, 9.17) is 5.11 Å². The lowest BCUT2D eigenvalue weighted by atomic mass is 10.1. The Balaban J connectivity index is 2.60. The van der Waals surface area contributed by atoms with Gasteiger partial charge in [0.1, 0.15) is 0 Å². The molecule has 1 heterocycles. The van der Waals surface area contributed by atoms with Crippen molar-refractivity contribution in [1.29, 1.82) is 0 Å². The molecule has 1 saturated heterocycles. The van der Waals surface area contributed by atoms with Gasteiger partial charge in [-0.3, -0.25) is 9.59 Å². The van der Waals surface area contributed by atoms with Gasteiger partial charge in [0.25, 0.3) is 0 Å². The number of ether oxygens (including phenoxy) is 1. The van der Waals surface area contributed by atoms with Crippen LogP contribution in [0.4, 0.5) is 0 Å². The van der Waals surface area contributed by atoms with Crippen molar-refractivity contribution >= 4 is 11.9 Å². The summed E-state index contributed by atoms with van der Waals surface area (Å²) in [7, 11) is 0. The molecular weight excluding hydrogens is 124 g/mol. The fourth-order valence-electron chi connectivity index (χ4n) is 0.720. The molecule has 1 rings (SSSR count). The third-order valence-corrected chi connectivity index (χ3v) is 1.23. The maximum Gasteiger partial charge on any atom is 0.320 e. The predicted octanol–water partition coefficient (Wildman–Crippen LogP) is -0.366. The zero-order valence-electron chi connectivity index (χ0n) is 4.66. The number of carbonyl (C=O) groups excluding carboxylic acids is 1. The maximum absolute atomic E-state index is 10.4. The van der Waals surface area contributed by atoms with Gasteiger partial charge < -0.3 is 9.84 Å². The van der Waals surface area contributed by atoms with Crippen LogP contribution in [0.25, 0.3) is 0 Å². The number of hydrogen-bond acceptors (Lipinski definition) is 3. The Morgan fingerprint density at radius 1 is 1.78 bits per heavy atom. The highest BCUT2D eigenvalue weighted by Crippen LogP contribution is 2.13. The van der Waals surface area contributed by atoms with Gasteiger partial charge in [-0.15, -0.1) is 0 Å². The minimum Gasteiger partial charge on any atom is -0.481 e. The summed E-state index contributed by atoms with van der Waals surface area (Å²) < 4.78 is 4.41. The SMILES string of the molecule is O=C(O)C1CCOC1=O. The summed E-state index contributed by atoms with van der Waals surface area (Å²) >= 11 is 0. The van der Waals surface area contributed by atoms with Crippen molar-refractivity contribution in [2.75, 3.05) is 6.61 Å². The first kappa shape index (κ1) is 6.07. The molecule has 1 atom stereocenters. The molecule has 0 bridgehead atoms. The lowest BCUT2D eigenvalue weighted by Crippen LogP contribution is -2.17. The number of aliphatic carboxylic acids is 1. The second-order valence-corrected chi connectivity index (χ2v) is 1.85. The molecule has 0 aliphatic carbocycles. The molecule has 0 aromatic rings. The molecule has 1 N–H and O–H groups in total. The highest BCUT2D eigenvalue weighted by atomic mass is 16.5. The summed E-state index contributed by atoms with van der Waals surface area (Å²) in [6.45, 7) is 0.246. The van der Waals surface area contributed by atoms with Crippen LogP contribution >= 0.6 is 0 Å². The predicted molar refractivity (Wildman–Crippen MR) is 26.7 cm³/mol. The van der Waals surface area contributed by atoms with Crippen LogP contribution in [-0.2, 0) is 14.3 Å². The highest BCUT2D eigenvalue weighted by Gasteiger charge is 2.32. The number of hydrogen-bond donors (Lipinski definition) is 1. The summed E-state index contributed by atoms with van der Waals surface area (Å²) in [5.41, 5.74) is 0. The average molecular weight is 130 g/mol. The highest BCUT2D eigenvalue weighted by molar-refractivity contribution is 5.94. The van der Waals surface area contributed by atoms with E-state index in [1.54, 1.807) is 0 Å². The minimum atomic E-state index is -1.09. The van der Waals surface area contributed by atoms with Crippen LogP contribution in [0.1, 0.15) is 6.42 Å². The van der Waals surface area contributed by atoms with Crippen molar-refractivity contribution in [1.82, 2.24) is 0 Å². The number of carboxylic acids is 1. The topological polar surface area (TPSA) is 63.6 Å². The van der Waals surface area contributed by atoms with E-state index < -0.39 is 17.9 Å². The molecule has 0 spiro atoms. The Morgan fingerprint density at radius 3 is 2.67 bits per heavy atom. The zero-order valence-corrected chi connectivity index (χ0v) is 4.66. The standard InChI is InChI=1S/C5H6O4/c6-4(7)3-1-2-9-5(3)8/h3H,1-2H2,(H,6,7).